The van der Waals surface area contributed by atoms with Gasteiger partial charge in [-0.05, 0) is 35.4 Å². The van der Waals surface area contributed by atoms with Crippen LogP contribution >= 0.6 is 22.7 Å². The molecule has 0 spiro atoms. The molecule has 0 bridgehead atoms. The van der Waals surface area contributed by atoms with E-state index < -0.39 is 0 Å². The molecule has 2 heterocycles. The molecule has 4 N–H and O–H groups in total. The van der Waals surface area contributed by atoms with E-state index in [9.17, 15) is 0 Å². The Bertz CT molecular complexity index is 985. The van der Waals surface area contributed by atoms with Crippen molar-refractivity contribution in [1.82, 2.24) is 9.97 Å². The summed E-state index contributed by atoms with van der Waals surface area (Å²) in [6.45, 7) is 0. The van der Waals surface area contributed by atoms with Gasteiger partial charge in [0.15, 0.2) is 10.3 Å². The second kappa shape index (κ2) is 5.50. The second-order valence-corrected chi connectivity index (χ2v) is 7.28. The molecule has 0 fully saturated rings. The van der Waals surface area contributed by atoms with Crippen LogP contribution in [-0.2, 0) is 0 Å². The first-order valence-corrected chi connectivity index (χ1v) is 8.71. The summed E-state index contributed by atoms with van der Waals surface area (Å²) >= 11 is 2.87. The predicted molar refractivity (Wildman–Crippen MR) is 100 cm³/mol. The van der Waals surface area contributed by atoms with Crippen molar-refractivity contribution in [3.63, 3.8) is 0 Å². The van der Waals surface area contributed by atoms with Crippen molar-refractivity contribution in [2.75, 3.05) is 25.7 Å². The lowest BCUT2D eigenvalue weighted by molar-refractivity contribution is 0.418. The lowest BCUT2D eigenvalue weighted by Crippen LogP contribution is -1.89. The van der Waals surface area contributed by atoms with E-state index >= 15 is 0 Å². The fraction of sp³-hybridized carbons (Fsp3) is 0.125. The molecule has 0 saturated carbocycles. The number of nitrogens with two attached hydrogens (primary N) is 2. The minimum Gasteiger partial charge on any atom is -0.494 e. The minimum atomic E-state index is 0.517. The van der Waals surface area contributed by atoms with Gasteiger partial charge in [-0.3, -0.25) is 0 Å². The van der Waals surface area contributed by atoms with Crippen LogP contribution in [0.15, 0.2) is 24.3 Å². The van der Waals surface area contributed by atoms with E-state index in [1.807, 2.05) is 12.1 Å². The Kier molecular flexibility index (Phi) is 3.43. The van der Waals surface area contributed by atoms with Gasteiger partial charge in [-0.2, -0.15) is 0 Å². The number of fused-ring (bicyclic) bond motifs is 2. The zero-order valence-corrected chi connectivity index (χ0v) is 14.6. The SMILES string of the molecule is COc1cc(-c2cc(OC)c3nc(N)sc3c2)cc2sc(N)nc12. The van der Waals surface area contributed by atoms with Gasteiger partial charge in [-0.1, -0.05) is 22.7 Å². The lowest BCUT2D eigenvalue weighted by Gasteiger charge is -2.08. The topological polar surface area (TPSA) is 96.3 Å². The first-order chi connectivity index (χ1) is 11.6. The fourth-order valence-electron chi connectivity index (χ4n) is 2.68. The molecule has 2 aromatic heterocycles. The van der Waals surface area contributed by atoms with Crippen LogP contribution in [0, 0.1) is 0 Å². The quantitative estimate of drug-likeness (QED) is 0.579. The summed E-state index contributed by atoms with van der Waals surface area (Å²) < 4.78 is 12.9. The Balaban J connectivity index is 1.98. The largest absolute Gasteiger partial charge is 0.494 e. The first kappa shape index (κ1) is 15.0. The van der Waals surface area contributed by atoms with E-state index in [1.165, 1.54) is 22.7 Å². The molecule has 4 aromatic rings. The summed E-state index contributed by atoms with van der Waals surface area (Å²) in [5, 5.41) is 1.03. The van der Waals surface area contributed by atoms with Crippen LogP contribution in [0.3, 0.4) is 0 Å². The van der Waals surface area contributed by atoms with Crippen molar-refractivity contribution in [2.45, 2.75) is 0 Å². The molecule has 2 aromatic carbocycles. The van der Waals surface area contributed by atoms with Gasteiger partial charge in [0.1, 0.15) is 22.5 Å². The van der Waals surface area contributed by atoms with Crippen LogP contribution in [-0.4, -0.2) is 24.2 Å². The van der Waals surface area contributed by atoms with Crippen LogP contribution in [0.25, 0.3) is 31.6 Å². The number of hydrogen-bond donors (Lipinski definition) is 2. The van der Waals surface area contributed by atoms with Crippen LogP contribution in [0.4, 0.5) is 10.3 Å². The molecule has 6 nitrogen and oxygen atoms in total. The van der Waals surface area contributed by atoms with E-state index in [0.29, 0.717) is 21.8 Å². The fourth-order valence-corrected chi connectivity index (χ4v) is 4.26. The van der Waals surface area contributed by atoms with Crippen molar-refractivity contribution in [3.8, 4) is 22.6 Å². The predicted octanol–water partition coefficient (Wildman–Crippen LogP) is 3.75. The van der Waals surface area contributed by atoms with Gasteiger partial charge in [-0.25, -0.2) is 9.97 Å². The van der Waals surface area contributed by atoms with Crippen LogP contribution in [0.2, 0.25) is 0 Å². The number of rotatable bonds is 3. The van der Waals surface area contributed by atoms with Gasteiger partial charge < -0.3 is 20.9 Å². The highest BCUT2D eigenvalue weighted by atomic mass is 32.1. The summed E-state index contributed by atoms with van der Waals surface area (Å²) in [7, 11) is 3.25. The van der Waals surface area contributed by atoms with E-state index in [1.54, 1.807) is 14.2 Å². The maximum atomic E-state index is 5.84. The van der Waals surface area contributed by atoms with Crippen molar-refractivity contribution < 1.29 is 9.47 Å². The molecule has 24 heavy (non-hydrogen) atoms. The average molecular weight is 358 g/mol. The number of aromatic nitrogens is 2. The summed E-state index contributed by atoms with van der Waals surface area (Å²) in [5.41, 5.74) is 15.2. The Labute approximate surface area is 145 Å². The van der Waals surface area contributed by atoms with Crippen LogP contribution in [0.1, 0.15) is 0 Å². The molecule has 8 heteroatoms. The molecular weight excluding hydrogens is 344 g/mol. The number of methoxy groups -OCH3 is 2. The smallest absolute Gasteiger partial charge is 0.181 e. The molecule has 0 amide bonds. The highest BCUT2D eigenvalue weighted by molar-refractivity contribution is 7.22. The van der Waals surface area contributed by atoms with E-state index in [2.05, 4.69) is 22.1 Å². The van der Waals surface area contributed by atoms with E-state index in [0.717, 1.165) is 31.6 Å². The lowest BCUT2D eigenvalue weighted by atomic mass is 10.0. The molecule has 122 valence electrons. The number of anilines is 2. The normalized spacial score (nSPS) is 11.2. The summed E-state index contributed by atoms with van der Waals surface area (Å²) in [6, 6.07) is 8.01. The van der Waals surface area contributed by atoms with Gasteiger partial charge in [0.25, 0.3) is 0 Å². The minimum absolute atomic E-state index is 0.517. The highest BCUT2D eigenvalue weighted by Crippen LogP contribution is 2.40. The molecule has 0 unspecified atom stereocenters. The Hall–Kier alpha value is -2.58. The van der Waals surface area contributed by atoms with Crippen LogP contribution < -0.4 is 20.9 Å². The molecule has 4 rings (SSSR count). The molecule has 0 saturated heterocycles. The van der Waals surface area contributed by atoms with Crippen molar-refractivity contribution in [3.05, 3.63) is 24.3 Å². The van der Waals surface area contributed by atoms with E-state index in [-0.39, 0.29) is 0 Å². The number of benzene rings is 2. The molecule has 0 aliphatic heterocycles. The zero-order chi connectivity index (χ0) is 16.8. The maximum Gasteiger partial charge on any atom is 0.181 e. The van der Waals surface area contributed by atoms with Gasteiger partial charge in [0.05, 0.1) is 23.6 Å². The van der Waals surface area contributed by atoms with Gasteiger partial charge >= 0.3 is 0 Å². The number of hydrogen-bond acceptors (Lipinski definition) is 8. The monoisotopic (exact) mass is 358 g/mol. The van der Waals surface area contributed by atoms with Crippen molar-refractivity contribution >= 4 is 53.4 Å². The Morgan fingerprint density at radius 1 is 0.750 bits per heavy atom. The van der Waals surface area contributed by atoms with E-state index in [4.69, 9.17) is 20.9 Å². The molecule has 0 aliphatic carbocycles. The average Bonchev–Trinajstić information content (AvgIpc) is 3.13. The standard InChI is InChI=1S/C16H14N4O2S2/c1-21-9-3-7(5-11-13(9)19-15(17)23-11)8-4-10(22-2)14-12(6-8)24-16(18)20-14/h3-6H,1-2H3,(H2,17,19)(H2,18,20). The third-order valence-corrected chi connectivity index (χ3v) is 5.39. The van der Waals surface area contributed by atoms with Crippen molar-refractivity contribution in [2.24, 2.45) is 0 Å². The summed E-state index contributed by atoms with van der Waals surface area (Å²) in [5.74, 6) is 1.39. The molecule has 0 atom stereocenters. The third-order valence-electron chi connectivity index (χ3n) is 3.73. The van der Waals surface area contributed by atoms with Crippen LogP contribution in [0.5, 0.6) is 11.5 Å². The molecule has 0 aliphatic rings. The van der Waals surface area contributed by atoms with Gasteiger partial charge in [-0.15, -0.1) is 0 Å². The van der Waals surface area contributed by atoms with Gasteiger partial charge in [0.2, 0.25) is 0 Å². The van der Waals surface area contributed by atoms with Crippen molar-refractivity contribution in [1.29, 1.82) is 0 Å². The third kappa shape index (κ3) is 2.31. The first-order valence-electron chi connectivity index (χ1n) is 7.07. The Morgan fingerprint density at radius 2 is 1.17 bits per heavy atom. The highest BCUT2D eigenvalue weighted by Gasteiger charge is 2.14. The second-order valence-electron chi connectivity index (χ2n) is 5.15. The molecular formula is C16H14N4O2S2. The number of thiazole rings is 2. The Morgan fingerprint density at radius 3 is 1.54 bits per heavy atom. The summed E-state index contributed by atoms with van der Waals surface area (Å²) in [6.07, 6.45) is 0. The maximum absolute atomic E-state index is 5.84. The number of nitrogens with zero attached hydrogens (tertiary/aromatic N) is 2. The number of ether oxygens (including phenoxy) is 2. The number of nitrogen functional groups attached to an aromatic ring is 2. The summed E-state index contributed by atoms with van der Waals surface area (Å²) in [4.78, 5) is 8.66. The van der Waals surface area contributed by atoms with Gasteiger partial charge in [0, 0.05) is 0 Å². The molecule has 0 radical (unpaired) electrons. The zero-order valence-electron chi connectivity index (χ0n) is 13.0.